The smallest absolute Gasteiger partial charge is 0.200 e. The highest BCUT2D eigenvalue weighted by Crippen LogP contribution is 2.37. The average Bonchev–Trinajstić information content (AvgIpc) is 2.77. The molecule has 3 rings (SSSR count). The van der Waals surface area contributed by atoms with Gasteiger partial charge in [-0.15, -0.1) is 24.0 Å². The van der Waals surface area contributed by atoms with Gasteiger partial charge in [0.25, 0.3) is 0 Å². The number of nitrogens with zero attached hydrogens (tertiary/aromatic N) is 3. The second-order valence-electron chi connectivity index (χ2n) is 7.44. The fraction of sp³-hybridized carbons (Fsp3) is 0.435. The number of nitrogens with one attached hydrogen (secondary N) is 1. The van der Waals surface area contributed by atoms with E-state index >= 15 is 0 Å². The molecule has 0 radical (unpaired) electrons. The second kappa shape index (κ2) is 11.3. The van der Waals surface area contributed by atoms with Crippen LogP contribution >= 0.6 is 24.0 Å². The normalized spacial score (nSPS) is 14.2. The number of guanidine groups is 1. The molecule has 8 heteroatoms. The van der Waals surface area contributed by atoms with Crippen LogP contribution in [0.1, 0.15) is 16.7 Å². The summed E-state index contributed by atoms with van der Waals surface area (Å²) < 4.78 is 10.5. The predicted octanol–water partition coefficient (Wildman–Crippen LogP) is 3.54. The Morgan fingerprint density at radius 1 is 1.06 bits per heavy atom. The zero-order chi connectivity index (χ0) is 21.7. The Hall–Kier alpha value is -2.36. The van der Waals surface area contributed by atoms with Gasteiger partial charge in [-0.25, -0.2) is 0 Å². The van der Waals surface area contributed by atoms with Crippen LogP contribution in [-0.2, 0) is 6.54 Å². The van der Waals surface area contributed by atoms with Gasteiger partial charge in [-0.1, -0.05) is 12.1 Å². The number of rotatable bonds is 5. The molecular formula is C23H33IN4O3. The highest BCUT2D eigenvalue weighted by Gasteiger charge is 2.21. The van der Waals surface area contributed by atoms with Gasteiger partial charge in [-0.3, -0.25) is 4.99 Å². The topological polar surface area (TPSA) is 69.6 Å². The van der Waals surface area contributed by atoms with Crippen molar-refractivity contribution in [3.8, 4) is 17.2 Å². The summed E-state index contributed by atoms with van der Waals surface area (Å²) in [5.41, 5.74) is 4.94. The molecule has 2 aromatic rings. The Morgan fingerprint density at radius 2 is 1.68 bits per heavy atom. The number of hydrogen-bond donors (Lipinski definition) is 2. The maximum absolute atomic E-state index is 10.1. The number of methoxy groups -OCH3 is 2. The van der Waals surface area contributed by atoms with Gasteiger partial charge in [0, 0.05) is 45.5 Å². The van der Waals surface area contributed by atoms with E-state index in [4.69, 9.17) is 9.47 Å². The summed E-state index contributed by atoms with van der Waals surface area (Å²) in [7, 11) is 4.86. The molecule has 0 aromatic heterocycles. The Kier molecular flexibility index (Phi) is 9.09. The van der Waals surface area contributed by atoms with Crippen LogP contribution in [-0.4, -0.2) is 63.4 Å². The van der Waals surface area contributed by atoms with Crippen LogP contribution in [0.15, 0.2) is 35.3 Å². The Bertz CT molecular complexity index is 887. The third-order valence-electron chi connectivity index (χ3n) is 5.70. The number of aryl methyl sites for hydroxylation is 1. The summed E-state index contributed by atoms with van der Waals surface area (Å²) in [6, 6.07) is 10.1. The van der Waals surface area contributed by atoms with Gasteiger partial charge in [-0.2, -0.15) is 0 Å². The molecule has 2 aromatic carbocycles. The summed E-state index contributed by atoms with van der Waals surface area (Å²) in [5.74, 6) is 1.66. The first-order chi connectivity index (χ1) is 14.5. The zero-order valence-corrected chi connectivity index (χ0v) is 21.3. The third-order valence-corrected chi connectivity index (χ3v) is 5.70. The van der Waals surface area contributed by atoms with E-state index in [2.05, 4.69) is 52.2 Å². The van der Waals surface area contributed by atoms with Crippen molar-refractivity contribution < 1.29 is 14.6 Å². The van der Waals surface area contributed by atoms with Gasteiger partial charge in [0.1, 0.15) is 0 Å². The molecule has 0 saturated carbocycles. The molecule has 0 spiro atoms. The molecule has 2 N–H and O–H groups in total. The van der Waals surface area contributed by atoms with Crippen molar-refractivity contribution in [3.63, 3.8) is 0 Å². The highest BCUT2D eigenvalue weighted by atomic mass is 127. The third kappa shape index (κ3) is 5.66. The lowest BCUT2D eigenvalue weighted by molar-refractivity contribution is 0.339. The van der Waals surface area contributed by atoms with Crippen molar-refractivity contribution in [1.82, 2.24) is 10.2 Å². The van der Waals surface area contributed by atoms with Gasteiger partial charge in [0.2, 0.25) is 5.75 Å². The summed E-state index contributed by atoms with van der Waals surface area (Å²) in [6.45, 7) is 8.60. The van der Waals surface area contributed by atoms with Crippen molar-refractivity contribution in [2.24, 2.45) is 4.99 Å². The molecule has 1 fully saturated rings. The number of halogens is 1. The van der Waals surface area contributed by atoms with E-state index in [1.165, 1.54) is 31.0 Å². The van der Waals surface area contributed by atoms with Crippen molar-refractivity contribution in [1.29, 1.82) is 0 Å². The van der Waals surface area contributed by atoms with Crippen LogP contribution < -0.4 is 19.7 Å². The predicted molar refractivity (Wildman–Crippen MR) is 137 cm³/mol. The molecular weight excluding hydrogens is 507 g/mol. The SMILES string of the molecule is CN=C(NCc1cc(OC)c(O)c(OC)c1)N1CCN(c2cccc(C)c2C)CC1.I. The Labute approximate surface area is 202 Å². The molecule has 1 heterocycles. The van der Waals surface area contributed by atoms with Crippen molar-refractivity contribution in [2.45, 2.75) is 20.4 Å². The second-order valence-corrected chi connectivity index (χ2v) is 7.44. The standard InChI is InChI=1S/C23H32N4O3.HI/c1-16-7-6-8-19(17(16)2)26-9-11-27(12-10-26)23(24-3)25-15-18-13-20(29-4)22(28)21(14-18)30-5;/h6-8,13-14,28H,9-12,15H2,1-5H3,(H,24,25);1H. The fourth-order valence-electron chi connectivity index (χ4n) is 3.80. The zero-order valence-electron chi connectivity index (χ0n) is 18.9. The molecule has 0 aliphatic carbocycles. The van der Waals surface area contributed by atoms with Crippen molar-refractivity contribution in [2.75, 3.05) is 52.3 Å². The first-order valence-electron chi connectivity index (χ1n) is 10.2. The summed E-state index contributed by atoms with van der Waals surface area (Å²) in [5, 5.41) is 13.5. The van der Waals surface area contributed by atoms with Gasteiger partial charge in [-0.05, 0) is 48.7 Å². The van der Waals surface area contributed by atoms with Crippen molar-refractivity contribution >= 4 is 35.6 Å². The molecule has 1 saturated heterocycles. The number of phenolic OH excluding ortho intramolecular Hbond substituents is 1. The molecule has 0 amide bonds. The van der Waals surface area contributed by atoms with Crippen LogP contribution in [0.5, 0.6) is 17.2 Å². The van der Waals surface area contributed by atoms with Crippen LogP contribution in [0.25, 0.3) is 0 Å². The summed E-state index contributed by atoms with van der Waals surface area (Å²) in [6.07, 6.45) is 0. The van der Waals surface area contributed by atoms with E-state index < -0.39 is 0 Å². The molecule has 7 nitrogen and oxygen atoms in total. The monoisotopic (exact) mass is 540 g/mol. The van der Waals surface area contributed by atoms with Gasteiger partial charge in [0.05, 0.1) is 14.2 Å². The number of anilines is 1. The molecule has 170 valence electrons. The van der Waals surface area contributed by atoms with Gasteiger partial charge < -0.3 is 29.7 Å². The van der Waals surface area contributed by atoms with Gasteiger partial charge >= 0.3 is 0 Å². The van der Waals surface area contributed by atoms with E-state index in [-0.39, 0.29) is 29.7 Å². The number of piperazine rings is 1. The van der Waals surface area contributed by atoms with Crippen LogP contribution in [0, 0.1) is 13.8 Å². The summed E-state index contributed by atoms with van der Waals surface area (Å²) in [4.78, 5) is 9.18. The Balaban J connectivity index is 0.00000341. The van der Waals surface area contributed by atoms with Crippen LogP contribution in [0.3, 0.4) is 0 Å². The van der Waals surface area contributed by atoms with E-state index in [1.807, 2.05) is 0 Å². The van der Waals surface area contributed by atoms with E-state index in [0.717, 1.165) is 37.7 Å². The first-order valence-corrected chi connectivity index (χ1v) is 10.2. The minimum absolute atomic E-state index is 0. The molecule has 31 heavy (non-hydrogen) atoms. The molecule has 0 bridgehead atoms. The number of aliphatic imine (C=N–C) groups is 1. The minimum atomic E-state index is 0. The largest absolute Gasteiger partial charge is 0.502 e. The van der Waals surface area contributed by atoms with Crippen LogP contribution in [0.4, 0.5) is 5.69 Å². The lowest BCUT2D eigenvalue weighted by Crippen LogP contribution is -2.52. The molecule has 1 aliphatic rings. The van der Waals surface area contributed by atoms with E-state index in [1.54, 1.807) is 19.2 Å². The molecule has 0 atom stereocenters. The number of phenols is 1. The van der Waals surface area contributed by atoms with E-state index in [9.17, 15) is 5.11 Å². The number of benzene rings is 2. The quantitative estimate of drug-likeness (QED) is 0.344. The highest BCUT2D eigenvalue weighted by molar-refractivity contribution is 14.0. The maximum atomic E-state index is 10.1. The molecule has 0 unspecified atom stereocenters. The minimum Gasteiger partial charge on any atom is -0.502 e. The lowest BCUT2D eigenvalue weighted by Gasteiger charge is -2.38. The Morgan fingerprint density at radius 3 is 2.23 bits per heavy atom. The number of aromatic hydroxyl groups is 1. The lowest BCUT2D eigenvalue weighted by atomic mass is 10.1. The summed E-state index contributed by atoms with van der Waals surface area (Å²) >= 11 is 0. The average molecular weight is 540 g/mol. The fourth-order valence-corrected chi connectivity index (χ4v) is 3.80. The molecule has 1 aliphatic heterocycles. The van der Waals surface area contributed by atoms with E-state index in [0.29, 0.717) is 18.0 Å². The number of ether oxygens (including phenoxy) is 2. The van der Waals surface area contributed by atoms with Gasteiger partial charge in [0.15, 0.2) is 17.5 Å². The first kappa shape index (κ1) is 24.9. The number of hydrogen-bond acceptors (Lipinski definition) is 5. The van der Waals surface area contributed by atoms with Crippen LogP contribution in [0.2, 0.25) is 0 Å². The maximum Gasteiger partial charge on any atom is 0.200 e. The van der Waals surface area contributed by atoms with Crippen molar-refractivity contribution in [3.05, 3.63) is 47.0 Å².